The number of amides is 1. The maximum absolute atomic E-state index is 15.0. The maximum Gasteiger partial charge on any atom is 0.256 e. The molecular weight excluding hydrogens is 386 g/mol. The van der Waals surface area contributed by atoms with E-state index >= 15 is 0 Å². The molecule has 1 aliphatic rings. The summed E-state index contributed by atoms with van der Waals surface area (Å²) in [6, 6.07) is 9.83. The van der Waals surface area contributed by atoms with Gasteiger partial charge >= 0.3 is 0 Å². The molecule has 0 bridgehead atoms. The van der Waals surface area contributed by atoms with Crippen LogP contribution >= 0.6 is 0 Å². The third-order valence-electron chi connectivity index (χ3n) is 5.43. The van der Waals surface area contributed by atoms with E-state index in [-0.39, 0.29) is 24.6 Å². The summed E-state index contributed by atoms with van der Waals surface area (Å²) in [7, 11) is 1.81. The molecule has 1 aliphatic heterocycles. The number of fused-ring (bicyclic) bond motifs is 2. The van der Waals surface area contributed by atoms with Gasteiger partial charge in [0, 0.05) is 30.4 Å². The first-order valence-corrected chi connectivity index (χ1v) is 9.56. The summed E-state index contributed by atoms with van der Waals surface area (Å²) in [5.74, 6) is -1.63. The molecule has 0 unspecified atom stereocenters. The average molecular weight is 404 g/mol. The van der Waals surface area contributed by atoms with Gasteiger partial charge in [-0.3, -0.25) is 14.5 Å². The van der Waals surface area contributed by atoms with Crippen molar-refractivity contribution in [3.63, 3.8) is 0 Å². The smallest absolute Gasteiger partial charge is 0.256 e. The van der Waals surface area contributed by atoms with Crippen LogP contribution in [0.15, 0.2) is 48.8 Å². The minimum Gasteiger partial charge on any atom is -0.328 e. The van der Waals surface area contributed by atoms with E-state index in [1.165, 1.54) is 17.0 Å². The largest absolute Gasteiger partial charge is 0.328 e. The molecule has 3 heterocycles. The number of aromatic nitrogens is 3. The Kier molecular flexibility index (Phi) is 4.13. The number of nitrogens with zero attached hydrogens (tertiary/aromatic N) is 4. The number of carbonyl (C=O) groups excluding carboxylic acids is 1. The molecule has 0 radical (unpaired) electrons. The van der Waals surface area contributed by atoms with E-state index in [2.05, 4.69) is 10.1 Å². The molecule has 2 aromatic carbocycles. The number of halogens is 2. The predicted molar refractivity (Wildman–Crippen MR) is 109 cm³/mol. The predicted octanol–water partition coefficient (Wildman–Crippen LogP) is 4.38. The fourth-order valence-corrected chi connectivity index (χ4v) is 4.03. The summed E-state index contributed by atoms with van der Waals surface area (Å²) >= 11 is 0. The molecule has 0 aliphatic carbocycles. The van der Waals surface area contributed by atoms with E-state index in [0.717, 1.165) is 22.0 Å². The number of hydrogen-bond acceptors (Lipinski definition) is 3. The second-order valence-electron chi connectivity index (χ2n) is 7.63. The second kappa shape index (κ2) is 6.73. The van der Waals surface area contributed by atoms with Gasteiger partial charge in [0.1, 0.15) is 11.6 Å². The minimum absolute atomic E-state index is 0.130. The fourth-order valence-electron chi connectivity index (χ4n) is 4.03. The van der Waals surface area contributed by atoms with Crippen LogP contribution in [0.2, 0.25) is 0 Å². The molecule has 2 aromatic heterocycles. The van der Waals surface area contributed by atoms with E-state index in [0.29, 0.717) is 16.8 Å². The molecule has 0 saturated carbocycles. The van der Waals surface area contributed by atoms with Gasteiger partial charge < -0.3 is 4.90 Å². The first-order chi connectivity index (χ1) is 14.4. The zero-order valence-corrected chi connectivity index (χ0v) is 16.5. The van der Waals surface area contributed by atoms with Crippen molar-refractivity contribution >= 4 is 16.8 Å². The van der Waals surface area contributed by atoms with Crippen LogP contribution in [-0.2, 0) is 20.1 Å². The monoisotopic (exact) mass is 404 g/mol. The quantitative estimate of drug-likeness (QED) is 0.509. The van der Waals surface area contributed by atoms with E-state index in [4.69, 9.17) is 0 Å². The van der Waals surface area contributed by atoms with E-state index in [1.807, 2.05) is 32.3 Å². The van der Waals surface area contributed by atoms with Gasteiger partial charge in [0.05, 0.1) is 29.9 Å². The first kappa shape index (κ1) is 18.4. The molecule has 0 fully saturated rings. The summed E-state index contributed by atoms with van der Waals surface area (Å²) in [5.41, 5.74) is 3.85. The molecule has 1 amide bonds. The van der Waals surface area contributed by atoms with Crippen LogP contribution in [0.1, 0.15) is 27.2 Å². The molecule has 150 valence electrons. The number of carbonyl (C=O) groups is 1. The second-order valence-corrected chi connectivity index (χ2v) is 7.63. The molecule has 30 heavy (non-hydrogen) atoms. The summed E-state index contributed by atoms with van der Waals surface area (Å²) in [6.45, 7) is 2.01. The standard InChI is InChI=1S/C23H18F2N4O/c1-13-6-16(17-10-28(2)27-21(17)7-13)14-8-19(24)18(20(25)9-14)11-29-12-22-15(23(29)30)4-3-5-26-22/h3-10H,11-12H2,1-2H3. The minimum atomic E-state index is -0.680. The maximum atomic E-state index is 15.0. The van der Waals surface area contributed by atoms with Crippen molar-refractivity contribution in [2.45, 2.75) is 20.0 Å². The lowest BCUT2D eigenvalue weighted by molar-refractivity contribution is 0.0763. The topological polar surface area (TPSA) is 51.0 Å². The molecule has 0 spiro atoms. The SMILES string of the molecule is Cc1cc(-c2cc(F)c(CN3Cc4ncccc4C3=O)c(F)c2)c2cn(C)nc2c1. The lowest BCUT2D eigenvalue weighted by Gasteiger charge is -2.17. The fraction of sp³-hybridized carbons (Fsp3) is 0.174. The van der Waals surface area contributed by atoms with E-state index in [1.54, 1.807) is 23.0 Å². The van der Waals surface area contributed by atoms with Crippen LogP contribution in [0.3, 0.4) is 0 Å². The Hall–Kier alpha value is -3.61. The molecule has 0 atom stereocenters. The van der Waals surface area contributed by atoms with Crippen molar-refractivity contribution in [1.29, 1.82) is 0 Å². The summed E-state index contributed by atoms with van der Waals surface area (Å²) in [6.07, 6.45) is 3.44. The van der Waals surface area contributed by atoms with Crippen molar-refractivity contribution in [2.24, 2.45) is 7.05 Å². The van der Waals surface area contributed by atoms with Crippen molar-refractivity contribution in [3.8, 4) is 11.1 Å². The highest BCUT2D eigenvalue weighted by Crippen LogP contribution is 2.33. The van der Waals surface area contributed by atoms with Gasteiger partial charge in [-0.2, -0.15) is 5.10 Å². The Morgan fingerprint density at radius 1 is 1.10 bits per heavy atom. The Bertz CT molecular complexity index is 1310. The number of aryl methyl sites for hydroxylation is 2. The Morgan fingerprint density at radius 3 is 2.60 bits per heavy atom. The molecule has 5 rings (SSSR count). The highest BCUT2D eigenvalue weighted by molar-refractivity contribution is 5.98. The van der Waals surface area contributed by atoms with Gasteiger partial charge in [-0.1, -0.05) is 6.07 Å². The van der Waals surface area contributed by atoms with Crippen LogP contribution in [0, 0.1) is 18.6 Å². The Balaban J connectivity index is 1.52. The van der Waals surface area contributed by atoms with Gasteiger partial charge in [-0.05, 0) is 53.9 Å². The van der Waals surface area contributed by atoms with E-state index in [9.17, 15) is 13.6 Å². The molecular formula is C23H18F2N4O. The van der Waals surface area contributed by atoms with Crippen LogP contribution in [0.25, 0.3) is 22.0 Å². The highest BCUT2D eigenvalue weighted by atomic mass is 19.1. The Morgan fingerprint density at radius 2 is 1.87 bits per heavy atom. The van der Waals surface area contributed by atoms with Gasteiger partial charge in [0.15, 0.2) is 0 Å². The van der Waals surface area contributed by atoms with Crippen molar-refractivity contribution in [2.75, 3.05) is 0 Å². The third-order valence-corrected chi connectivity index (χ3v) is 5.43. The number of pyridine rings is 1. The van der Waals surface area contributed by atoms with E-state index < -0.39 is 11.6 Å². The van der Waals surface area contributed by atoms with Crippen LogP contribution in [0.5, 0.6) is 0 Å². The van der Waals surface area contributed by atoms with Gasteiger partial charge in [-0.25, -0.2) is 8.78 Å². The van der Waals surface area contributed by atoms with Crippen molar-refractivity contribution < 1.29 is 13.6 Å². The highest BCUT2D eigenvalue weighted by Gasteiger charge is 2.29. The van der Waals surface area contributed by atoms with Gasteiger partial charge in [-0.15, -0.1) is 0 Å². The van der Waals surface area contributed by atoms with Crippen LogP contribution < -0.4 is 0 Å². The number of benzene rings is 2. The van der Waals surface area contributed by atoms with Crippen LogP contribution in [0.4, 0.5) is 8.78 Å². The molecule has 7 heteroatoms. The average Bonchev–Trinajstić information content (AvgIpc) is 3.23. The molecule has 0 saturated heterocycles. The normalized spacial score (nSPS) is 13.3. The lowest BCUT2D eigenvalue weighted by Crippen LogP contribution is -2.24. The molecule has 0 N–H and O–H groups in total. The Labute approximate surface area is 171 Å². The zero-order valence-electron chi connectivity index (χ0n) is 16.5. The third kappa shape index (κ3) is 2.94. The van der Waals surface area contributed by atoms with Crippen molar-refractivity contribution in [3.05, 3.63) is 82.8 Å². The summed E-state index contributed by atoms with van der Waals surface area (Å²) in [5, 5.41) is 5.22. The lowest BCUT2D eigenvalue weighted by atomic mass is 9.98. The molecule has 5 nitrogen and oxygen atoms in total. The van der Waals surface area contributed by atoms with Gasteiger partial charge in [0.2, 0.25) is 0 Å². The summed E-state index contributed by atoms with van der Waals surface area (Å²) in [4.78, 5) is 18.1. The van der Waals surface area contributed by atoms with Gasteiger partial charge in [0.25, 0.3) is 5.91 Å². The summed E-state index contributed by atoms with van der Waals surface area (Å²) < 4.78 is 31.7. The number of rotatable bonds is 3. The first-order valence-electron chi connectivity index (χ1n) is 9.56. The van der Waals surface area contributed by atoms with Crippen molar-refractivity contribution in [1.82, 2.24) is 19.7 Å². The number of hydrogen-bond donors (Lipinski definition) is 0. The molecule has 4 aromatic rings. The zero-order chi connectivity index (χ0) is 21.0. The van der Waals surface area contributed by atoms with Crippen LogP contribution in [-0.4, -0.2) is 25.6 Å².